The molecule has 2 aromatic heterocycles. The molecule has 1 N–H and O–H groups in total. The molecule has 8 heteroatoms. The highest BCUT2D eigenvalue weighted by Gasteiger charge is 2.56. The summed E-state index contributed by atoms with van der Waals surface area (Å²) in [7, 11) is 1.56. The van der Waals surface area contributed by atoms with Gasteiger partial charge in [-0.15, -0.1) is 0 Å². The van der Waals surface area contributed by atoms with Gasteiger partial charge in [0, 0.05) is 17.8 Å². The van der Waals surface area contributed by atoms with E-state index in [9.17, 15) is 4.79 Å². The molecule has 2 bridgehead atoms. The molecule has 5 rings (SSSR count). The maximum absolute atomic E-state index is 12.9. The number of methoxy groups -OCH3 is 1. The summed E-state index contributed by atoms with van der Waals surface area (Å²) in [6.45, 7) is 9.15. The molecule has 3 fully saturated rings. The highest BCUT2D eigenvalue weighted by Crippen LogP contribution is 2.61. The average Bonchev–Trinajstić information content (AvgIpc) is 2.68. The number of nitrogens with one attached hydrogen (secondary N) is 1. The van der Waals surface area contributed by atoms with Crippen molar-refractivity contribution in [2.75, 3.05) is 12.4 Å². The van der Waals surface area contributed by atoms with Crippen LogP contribution in [0.25, 0.3) is 0 Å². The summed E-state index contributed by atoms with van der Waals surface area (Å²) in [5, 5.41) is 7.94. The molecule has 29 heavy (non-hydrogen) atoms. The Balaban J connectivity index is 1.53. The first-order chi connectivity index (χ1) is 13.7. The van der Waals surface area contributed by atoms with Crippen LogP contribution in [0, 0.1) is 30.1 Å². The van der Waals surface area contributed by atoms with Crippen molar-refractivity contribution in [3.05, 3.63) is 38.6 Å². The minimum atomic E-state index is -0.201. The van der Waals surface area contributed by atoms with Crippen LogP contribution in [0.5, 0.6) is 5.88 Å². The number of halogens is 1. The molecular formula is C21H28BrN5O2. The number of fused-ring (bicyclic) bond motifs is 2. The van der Waals surface area contributed by atoms with Crippen molar-refractivity contribution in [2.24, 2.45) is 23.2 Å². The summed E-state index contributed by atoms with van der Waals surface area (Å²) < 4.78 is 7.06. The van der Waals surface area contributed by atoms with Crippen molar-refractivity contribution in [1.82, 2.24) is 19.7 Å². The van der Waals surface area contributed by atoms with E-state index in [4.69, 9.17) is 4.74 Å². The normalized spacial score (nSPS) is 27.2. The van der Waals surface area contributed by atoms with E-state index >= 15 is 0 Å². The monoisotopic (exact) mass is 461 g/mol. The van der Waals surface area contributed by atoms with Crippen molar-refractivity contribution in [2.45, 2.75) is 53.1 Å². The number of nitrogens with zero attached hydrogens (tertiary/aromatic N) is 4. The molecule has 2 heterocycles. The second kappa shape index (κ2) is 7.38. The van der Waals surface area contributed by atoms with E-state index in [1.807, 2.05) is 6.92 Å². The minimum absolute atomic E-state index is 0.188. The highest BCUT2D eigenvalue weighted by atomic mass is 79.9. The zero-order chi connectivity index (χ0) is 20.9. The Labute approximate surface area is 179 Å². The number of anilines is 1. The lowest BCUT2D eigenvalue weighted by molar-refractivity contribution is -0.105. The fourth-order valence-corrected chi connectivity index (χ4v) is 5.55. The van der Waals surface area contributed by atoms with Crippen molar-refractivity contribution in [3.63, 3.8) is 0 Å². The van der Waals surface area contributed by atoms with E-state index in [2.05, 4.69) is 57.1 Å². The van der Waals surface area contributed by atoms with E-state index in [0.29, 0.717) is 33.6 Å². The molecule has 4 atom stereocenters. The second-order valence-corrected chi connectivity index (χ2v) is 9.80. The second-order valence-electron chi connectivity index (χ2n) is 9.01. The molecule has 0 unspecified atom stereocenters. The van der Waals surface area contributed by atoms with Gasteiger partial charge in [0.15, 0.2) is 5.82 Å². The summed E-state index contributed by atoms with van der Waals surface area (Å²) in [6, 6.07) is 2.12. The lowest BCUT2D eigenvalue weighted by atomic mass is 9.45. The molecule has 0 saturated heterocycles. The number of aryl methyl sites for hydroxylation is 1. The number of aromatic nitrogens is 4. The number of ether oxygens (including phenoxy) is 1. The van der Waals surface area contributed by atoms with Gasteiger partial charge in [0.05, 0.1) is 19.0 Å². The number of hydrogen-bond donors (Lipinski definition) is 1. The van der Waals surface area contributed by atoms with Crippen LogP contribution < -0.4 is 15.6 Å². The van der Waals surface area contributed by atoms with Gasteiger partial charge in [0.25, 0.3) is 5.56 Å². The lowest BCUT2D eigenvalue weighted by Crippen LogP contribution is -2.58. The van der Waals surface area contributed by atoms with Gasteiger partial charge >= 0.3 is 0 Å². The van der Waals surface area contributed by atoms with Crippen molar-refractivity contribution < 1.29 is 4.74 Å². The quantitative estimate of drug-likeness (QED) is 0.731. The van der Waals surface area contributed by atoms with Crippen LogP contribution in [0.4, 0.5) is 5.69 Å². The van der Waals surface area contributed by atoms with Crippen LogP contribution in [-0.2, 0) is 6.54 Å². The van der Waals surface area contributed by atoms with Gasteiger partial charge in [0.2, 0.25) is 5.88 Å². The Bertz CT molecular complexity index is 990. The van der Waals surface area contributed by atoms with Gasteiger partial charge < -0.3 is 10.1 Å². The predicted molar refractivity (Wildman–Crippen MR) is 115 cm³/mol. The average molecular weight is 462 g/mol. The number of hydrogen-bond acceptors (Lipinski definition) is 6. The third-order valence-electron chi connectivity index (χ3n) is 7.06. The van der Waals surface area contributed by atoms with E-state index < -0.39 is 0 Å². The maximum Gasteiger partial charge on any atom is 0.283 e. The van der Waals surface area contributed by atoms with Gasteiger partial charge in [-0.25, -0.2) is 9.67 Å². The van der Waals surface area contributed by atoms with E-state index in [1.165, 1.54) is 11.1 Å². The Morgan fingerprint density at radius 2 is 2.10 bits per heavy atom. The first-order valence-electron chi connectivity index (χ1n) is 10.1. The Hall–Kier alpha value is -1.96. The zero-order valence-electron chi connectivity index (χ0n) is 17.6. The molecule has 0 aromatic carbocycles. The van der Waals surface area contributed by atoms with Crippen LogP contribution >= 0.6 is 15.9 Å². The molecule has 3 aliphatic rings. The maximum atomic E-state index is 12.9. The summed E-state index contributed by atoms with van der Waals surface area (Å²) in [5.41, 5.74) is 1.77. The van der Waals surface area contributed by atoms with Crippen molar-refractivity contribution in [1.29, 1.82) is 0 Å². The van der Waals surface area contributed by atoms with Crippen LogP contribution in [0.3, 0.4) is 0 Å². The smallest absolute Gasteiger partial charge is 0.283 e. The van der Waals surface area contributed by atoms with Crippen LogP contribution in [-0.4, -0.2) is 32.9 Å². The third-order valence-corrected chi connectivity index (χ3v) is 7.82. The van der Waals surface area contributed by atoms with E-state index in [1.54, 1.807) is 19.4 Å². The molecule has 156 valence electrons. The van der Waals surface area contributed by atoms with Gasteiger partial charge in [-0.2, -0.15) is 10.1 Å². The molecule has 0 amide bonds. The summed E-state index contributed by atoms with van der Waals surface area (Å²) in [6.07, 6.45) is 4.18. The SMILES string of the molecule is COc1cc(C)nc(Cn2ncc(N[C@@H]3C[C@@H]4C[C@H]([C@H]3C)C4(C)C)c(Br)c2=O)n1. The first kappa shape index (κ1) is 20.3. The van der Waals surface area contributed by atoms with Crippen LogP contribution in [0.2, 0.25) is 0 Å². The summed E-state index contributed by atoms with van der Waals surface area (Å²) in [5.74, 6) is 3.02. The van der Waals surface area contributed by atoms with Gasteiger partial charge in [-0.3, -0.25) is 4.79 Å². The molecule has 2 aromatic rings. The Morgan fingerprint density at radius 3 is 2.76 bits per heavy atom. The Kier molecular flexibility index (Phi) is 5.17. The molecule has 7 nitrogen and oxygen atoms in total. The zero-order valence-corrected chi connectivity index (χ0v) is 19.2. The van der Waals surface area contributed by atoms with Gasteiger partial charge in [0.1, 0.15) is 11.0 Å². The summed E-state index contributed by atoms with van der Waals surface area (Å²) >= 11 is 3.48. The third kappa shape index (κ3) is 3.56. The fourth-order valence-electron chi connectivity index (χ4n) is 5.13. The fraction of sp³-hybridized carbons (Fsp3) is 0.619. The molecule has 3 aliphatic carbocycles. The lowest BCUT2D eigenvalue weighted by Gasteiger charge is -2.62. The first-order valence-corrected chi connectivity index (χ1v) is 10.9. The molecule has 0 aliphatic heterocycles. The minimum Gasteiger partial charge on any atom is -0.481 e. The topological polar surface area (TPSA) is 81.9 Å². The highest BCUT2D eigenvalue weighted by molar-refractivity contribution is 9.10. The van der Waals surface area contributed by atoms with Gasteiger partial charge in [-0.05, 0) is 58.9 Å². The standard InChI is InChI=1S/C21H28BrN5O2/c1-11-6-18(29-5)26-17(24-11)10-27-20(28)19(22)16(9-23-27)25-15-8-13-7-14(12(15)2)21(13,3)4/h6,9,12-15,25H,7-8,10H2,1-5H3/t12-,13+,14-,15-/m1/s1. The molecule has 3 saturated carbocycles. The molecular weight excluding hydrogens is 434 g/mol. The molecule has 0 spiro atoms. The van der Waals surface area contributed by atoms with Crippen LogP contribution in [0.1, 0.15) is 45.1 Å². The van der Waals surface area contributed by atoms with Crippen LogP contribution in [0.15, 0.2) is 21.5 Å². The summed E-state index contributed by atoms with van der Waals surface area (Å²) in [4.78, 5) is 21.5. The van der Waals surface area contributed by atoms with Gasteiger partial charge in [-0.1, -0.05) is 20.8 Å². The predicted octanol–water partition coefficient (Wildman–Crippen LogP) is 3.64. The largest absolute Gasteiger partial charge is 0.481 e. The Morgan fingerprint density at radius 1 is 1.34 bits per heavy atom. The molecule has 0 radical (unpaired) electrons. The number of rotatable bonds is 5. The van der Waals surface area contributed by atoms with Crippen molar-refractivity contribution in [3.8, 4) is 5.88 Å². The van der Waals surface area contributed by atoms with E-state index in [0.717, 1.165) is 29.6 Å². The van der Waals surface area contributed by atoms with E-state index in [-0.39, 0.29) is 12.1 Å². The van der Waals surface area contributed by atoms with Crippen molar-refractivity contribution >= 4 is 21.6 Å².